The number of urea groups is 1. The van der Waals surface area contributed by atoms with Gasteiger partial charge in [-0.3, -0.25) is 4.79 Å². The molecule has 2 heterocycles. The number of hydrogen-bond donors (Lipinski definition) is 2. The fraction of sp³-hybridized carbons (Fsp3) is 0.667. The zero-order valence-electron chi connectivity index (χ0n) is 13.6. The molecule has 0 radical (unpaired) electrons. The number of anilines is 1. The van der Waals surface area contributed by atoms with Gasteiger partial charge in [0.25, 0.3) is 0 Å². The van der Waals surface area contributed by atoms with E-state index in [4.69, 9.17) is 4.52 Å². The molecule has 0 atom stereocenters. The third-order valence-electron chi connectivity index (χ3n) is 3.51. The minimum absolute atomic E-state index is 0.0656. The van der Waals surface area contributed by atoms with Gasteiger partial charge in [0, 0.05) is 30.6 Å². The van der Waals surface area contributed by atoms with Crippen LogP contribution in [0.15, 0.2) is 10.6 Å². The van der Waals surface area contributed by atoms with Gasteiger partial charge in [-0.15, -0.1) is 0 Å². The van der Waals surface area contributed by atoms with Gasteiger partial charge in [0.2, 0.25) is 5.91 Å². The van der Waals surface area contributed by atoms with E-state index in [1.807, 2.05) is 20.8 Å². The van der Waals surface area contributed by atoms with E-state index < -0.39 is 0 Å². The predicted octanol–water partition coefficient (Wildman–Crippen LogP) is 2.14. The molecule has 7 heteroatoms. The monoisotopic (exact) mass is 308 g/mol. The number of hydrogen-bond acceptors (Lipinski definition) is 4. The highest BCUT2D eigenvalue weighted by Crippen LogP contribution is 2.20. The topological polar surface area (TPSA) is 87.5 Å². The van der Waals surface area contributed by atoms with Gasteiger partial charge in [-0.1, -0.05) is 5.16 Å². The summed E-state index contributed by atoms with van der Waals surface area (Å²) in [6, 6.07) is 1.61. The number of carbonyl (C=O) groups excluding carboxylic acids is 2. The molecule has 122 valence electrons. The third-order valence-corrected chi connectivity index (χ3v) is 3.51. The van der Waals surface area contributed by atoms with Crippen molar-refractivity contribution in [2.24, 2.45) is 5.92 Å². The largest absolute Gasteiger partial charge is 0.360 e. The maximum Gasteiger partial charge on any atom is 0.317 e. The highest BCUT2D eigenvalue weighted by molar-refractivity contribution is 5.91. The molecule has 3 amide bonds. The van der Waals surface area contributed by atoms with E-state index in [-0.39, 0.29) is 23.4 Å². The fourth-order valence-electron chi connectivity index (χ4n) is 2.40. The first kappa shape index (κ1) is 16.3. The van der Waals surface area contributed by atoms with Crippen molar-refractivity contribution in [3.05, 3.63) is 11.8 Å². The molecule has 1 aromatic heterocycles. The van der Waals surface area contributed by atoms with Crippen LogP contribution in [0.2, 0.25) is 0 Å². The van der Waals surface area contributed by atoms with Crippen LogP contribution in [0.1, 0.15) is 39.4 Å². The third kappa shape index (κ3) is 4.47. The van der Waals surface area contributed by atoms with E-state index in [2.05, 4.69) is 15.8 Å². The summed E-state index contributed by atoms with van der Waals surface area (Å²) in [5.74, 6) is 0.930. The second kappa shape index (κ2) is 6.37. The van der Waals surface area contributed by atoms with Gasteiger partial charge in [0.15, 0.2) is 5.82 Å². The first-order chi connectivity index (χ1) is 10.2. The number of aromatic nitrogens is 1. The molecule has 7 nitrogen and oxygen atoms in total. The summed E-state index contributed by atoms with van der Waals surface area (Å²) in [5, 5.41) is 9.44. The Morgan fingerprint density at radius 3 is 2.45 bits per heavy atom. The Labute approximate surface area is 130 Å². The first-order valence-electron chi connectivity index (χ1n) is 7.56. The number of aryl methyl sites for hydroxylation is 1. The predicted molar refractivity (Wildman–Crippen MR) is 82.5 cm³/mol. The second-order valence-corrected chi connectivity index (χ2v) is 6.75. The molecule has 0 spiro atoms. The van der Waals surface area contributed by atoms with Gasteiger partial charge in [-0.25, -0.2) is 4.79 Å². The average molecular weight is 308 g/mol. The summed E-state index contributed by atoms with van der Waals surface area (Å²) in [7, 11) is 0. The quantitative estimate of drug-likeness (QED) is 0.876. The van der Waals surface area contributed by atoms with E-state index in [1.54, 1.807) is 17.9 Å². The minimum Gasteiger partial charge on any atom is -0.360 e. The molecule has 0 aromatic carbocycles. The van der Waals surface area contributed by atoms with E-state index in [9.17, 15) is 9.59 Å². The van der Waals surface area contributed by atoms with Crippen molar-refractivity contribution in [1.82, 2.24) is 15.4 Å². The van der Waals surface area contributed by atoms with E-state index in [1.165, 1.54) is 0 Å². The molecule has 1 aliphatic rings. The minimum atomic E-state index is -0.254. The van der Waals surface area contributed by atoms with Crippen LogP contribution in [0.25, 0.3) is 0 Å². The molecule has 22 heavy (non-hydrogen) atoms. The average Bonchev–Trinajstić information content (AvgIpc) is 2.82. The van der Waals surface area contributed by atoms with Crippen LogP contribution in [0.3, 0.4) is 0 Å². The lowest BCUT2D eigenvalue weighted by Gasteiger charge is -2.33. The van der Waals surface area contributed by atoms with Gasteiger partial charge in [0.1, 0.15) is 5.76 Å². The maximum atomic E-state index is 12.2. The van der Waals surface area contributed by atoms with Gasteiger partial charge in [-0.05, 0) is 40.5 Å². The van der Waals surface area contributed by atoms with Gasteiger partial charge >= 0.3 is 6.03 Å². The summed E-state index contributed by atoms with van der Waals surface area (Å²) in [5.41, 5.74) is -0.254. The van der Waals surface area contributed by atoms with Crippen LogP contribution in [0.5, 0.6) is 0 Å². The van der Waals surface area contributed by atoms with Crippen LogP contribution >= 0.6 is 0 Å². The van der Waals surface area contributed by atoms with Crippen LogP contribution < -0.4 is 10.6 Å². The molecule has 1 aliphatic heterocycles. The molecule has 2 N–H and O–H groups in total. The number of amides is 3. The van der Waals surface area contributed by atoms with Gasteiger partial charge in [0.05, 0.1) is 0 Å². The smallest absolute Gasteiger partial charge is 0.317 e. The Bertz CT molecular complexity index is 539. The van der Waals surface area contributed by atoms with Crippen LogP contribution in [0.4, 0.5) is 10.6 Å². The summed E-state index contributed by atoms with van der Waals surface area (Å²) in [6.07, 6.45) is 1.31. The Morgan fingerprint density at radius 1 is 1.32 bits per heavy atom. The Morgan fingerprint density at radius 2 is 1.95 bits per heavy atom. The van der Waals surface area contributed by atoms with Crippen molar-refractivity contribution in [2.75, 3.05) is 18.4 Å². The number of rotatable bonds is 2. The van der Waals surface area contributed by atoms with Crippen LogP contribution in [-0.2, 0) is 4.79 Å². The highest BCUT2D eigenvalue weighted by Gasteiger charge is 2.29. The molecule has 0 saturated carbocycles. The Kier molecular flexibility index (Phi) is 4.73. The zero-order valence-corrected chi connectivity index (χ0v) is 13.6. The summed E-state index contributed by atoms with van der Waals surface area (Å²) in [6.45, 7) is 8.78. The molecule has 1 saturated heterocycles. The first-order valence-corrected chi connectivity index (χ1v) is 7.56. The summed E-state index contributed by atoms with van der Waals surface area (Å²) in [4.78, 5) is 26.0. The number of nitrogens with one attached hydrogen (secondary N) is 2. The number of piperidine rings is 1. The van der Waals surface area contributed by atoms with E-state index in [0.717, 1.165) is 0 Å². The van der Waals surface area contributed by atoms with Crippen molar-refractivity contribution in [2.45, 2.75) is 46.1 Å². The van der Waals surface area contributed by atoms with Crippen molar-refractivity contribution >= 4 is 17.8 Å². The second-order valence-electron chi connectivity index (χ2n) is 6.75. The van der Waals surface area contributed by atoms with Crippen molar-refractivity contribution in [3.63, 3.8) is 0 Å². The molecule has 0 aliphatic carbocycles. The van der Waals surface area contributed by atoms with E-state index >= 15 is 0 Å². The molecular formula is C15H24N4O3. The fourth-order valence-corrected chi connectivity index (χ4v) is 2.40. The van der Waals surface area contributed by atoms with Crippen LogP contribution in [0, 0.1) is 12.8 Å². The van der Waals surface area contributed by atoms with Gasteiger partial charge in [-0.2, -0.15) is 0 Å². The number of likely N-dealkylation sites (tertiary alicyclic amines) is 1. The lowest BCUT2D eigenvalue weighted by Crippen LogP contribution is -2.51. The normalized spacial score (nSPS) is 16.5. The molecule has 1 fully saturated rings. The van der Waals surface area contributed by atoms with Crippen molar-refractivity contribution in [3.8, 4) is 0 Å². The summed E-state index contributed by atoms with van der Waals surface area (Å²) < 4.78 is 4.92. The highest BCUT2D eigenvalue weighted by atomic mass is 16.5. The van der Waals surface area contributed by atoms with Gasteiger partial charge < -0.3 is 20.1 Å². The molecule has 2 rings (SSSR count). The lowest BCUT2D eigenvalue weighted by atomic mass is 9.96. The van der Waals surface area contributed by atoms with Crippen molar-refractivity contribution in [1.29, 1.82) is 0 Å². The molecular weight excluding hydrogens is 284 g/mol. The number of carbonyl (C=O) groups is 2. The zero-order chi connectivity index (χ0) is 16.3. The molecule has 0 unspecified atom stereocenters. The van der Waals surface area contributed by atoms with E-state index in [0.29, 0.717) is 37.5 Å². The lowest BCUT2D eigenvalue weighted by molar-refractivity contribution is -0.121. The SMILES string of the molecule is Cc1cc(NC(=O)C2CCN(C(=O)NC(C)(C)C)CC2)no1. The van der Waals surface area contributed by atoms with Crippen molar-refractivity contribution < 1.29 is 14.1 Å². The Hall–Kier alpha value is -2.05. The number of nitrogens with zero attached hydrogens (tertiary/aromatic N) is 2. The van der Waals surface area contributed by atoms with Crippen LogP contribution in [-0.4, -0.2) is 40.6 Å². The standard InChI is InChI=1S/C15H24N4O3/c1-10-9-12(18-22-10)16-13(20)11-5-7-19(8-6-11)14(21)17-15(2,3)4/h9,11H,5-8H2,1-4H3,(H,17,21)(H,16,18,20). The molecule has 0 bridgehead atoms. The maximum absolute atomic E-state index is 12.2. The summed E-state index contributed by atoms with van der Waals surface area (Å²) >= 11 is 0. The molecule has 1 aromatic rings. The Balaban J connectivity index is 1.81.